The van der Waals surface area contributed by atoms with Gasteiger partial charge in [-0.15, -0.1) is 0 Å². The maximum Gasteiger partial charge on any atom is 0.323 e. The second-order valence-electron chi connectivity index (χ2n) is 4.54. The van der Waals surface area contributed by atoms with E-state index in [9.17, 15) is 0 Å². The summed E-state index contributed by atoms with van der Waals surface area (Å²) in [6.07, 6.45) is 1.58. The smallest absolute Gasteiger partial charge is 0.323 e. The predicted octanol–water partition coefficient (Wildman–Crippen LogP) is 3.28. The fourth-order valence-electron chi connectivity index (χ4n) is 1.87. The number of nitrogens with zero attached hydrogens (tertiary/aromatic N) is 2. The van der Waals surface area contributed by atoms with Crippen LogP contribution in [0.5, 0.6) is 11.8 Å². The lowest BCUT2D eigenvalue weighted by atomic mass is 9.98. The lowest BCUT2D eigenvalue weighted by molar-refractivity contribution is 0.442. The molecule has 18 heavy (non-hydrogen) atoms. The number of rotatable bonds is 3. The van der Waals surface area contributed by atoms with Crippen molar-refractivity contribution in [3.8, 4) is 11.8 Å². The number of aryl methyl sites for hydroxylation is 1. The molecule has 0 aliphatic heterocycles. The van der Waals surface area contributed by atoms with Crippen molar-refractivity contribution in [2.75, 3.05) is 5.73 Å². The largest absolute Gasteiger partial charge is 0.424 e. The van der Waals surface area contributed by atoms with Crippen LogP contribution in [0.25, 0.3) is 0 Å². The maximum absolute atomic E-state index is 5.57. The third kappa shape index (κ3) is 2.77. The monoisotopic (exact) mass is 243 g/mol. The molecule has 0 bridgehead atoms. The van der Waals surface area contributed by atoms with E-state index in [2.05, 4.69) is 36.8 Å². The van der Waals surface area contributed by atoms with E-state index >= 15 is 0 Å². The first kappa shape index (κ1) is 12.4. The summed E-state index contributed by atoms with van der Waals surface area (Å²) < 4.78 is 5.57. The van der Waals surface area contributed by atoms with Crippen molar-refractivity contribution in [3.05, 3.63) is 41.6 Å². The van der Waals surface area contributed by atoms with Crippen LogP contribution in [0.15, 0.2) is 30.5 Å². The van der Waals surface area contributed by atoms with Gasteiger partial charge < -0.3 is 10.5 Å². The third-order valence-corrected chi connectivity index (χ3v) is 2.73. The van der Waals surface area contributed by atoms with Crippen molar-refractivity contribution >= 4 is 5.82 Å². The van der Waals surface area contributed by atoms with Gasteiger partial charge in [0.2, 0.25) is 0 Å². The first-order valence-electron chi connectivity index (χ1n) is 5.93. The van der Waals surface area contributed by atoms with Crippen LogP contribution in [-0.4, -0.2) is 9.97 Å². The van der Waals surface area contributed by atoms with Gasteiger partial charge in [-0.3, -0.25) is 0 Å². The van der Waals surface area contributed by atoms with E-state index in [1.807, 2.05) is 12.1 Å². The van der Waals surface area contributed by atoms with Gasteiger partial charge in [0.25, 0.3) is 0 Å². The number of ether oxygens (including phenoxy) is 1. The van der Waals surface area contributed by atoms with Crippen molar-refractivity contribution in [1.29, 1.82) is 0 Å². The van der Waals surface area contributed by atoms with Gasteiger partial charge >= 0.3 is 6.01 Å². The van der Waals surface area contributed by atoms with Gasteiger partial charge in [-0.2, -0.15) is 4.98 Å². The molecule has 0 unspecified atom stereocenters. The van der Waals surface area contributed by atoms with Crippen LogP contribution in [0.1, 0.15) is 30.9 Å². The molecule has 0 fully saturated rings. The van der Waals surface area contributed by atoms with Crippen molar-refractivity contribution in [1.82, 2.24) is 9.97 Å². The molecule has 0 saturated carbocycles. The summed E-state index contributed by atoms with van der Waals surface area (Å²) in [6.45, 7) is 6.41. The molecule has 4 heteroatoms. The van der Waals surface area contributed by atoms with Gasteiger partial charge in [0.15, 0.2) is 0 Å². The molecule has 2 N–H and O–H groups in total. The maximum atomic E-state index is 5.57. The Hall–Kier alpha value is -2.10. The van der Waals surface area contributed by atoms with Gasteiger partial charge in [0.05, 0.1) is 0 Å². The fraction of sp³-hybridized carbons (Fsp3) is 0.286. The standard InChI is InChI=1S/C14H17N3O/c1-9(2)12-5-4-11(8-10(12)3)18-14-16-7-6-13(15)17-14/h4-9H,1-3H3,(H2,15,16,17). The van der Waals surface area contributed by atoms with Crippen LogP contribution in [0.2, 0.25) is 0 Å². The Bertz CT molecular complexity index is 552. The van der Waals surface area contributed by atoms with Crippen molar-refractivity contribution in [2.45, 2.75) is 26.7 Å². The highest BCUT2D eigenvalue weighted by molar-refractivity contribution is 5.38. The first-order valence-corrected chi connectivity index (χ1v) is 5.93. The summed E-state index contributed by atoms with van der Waals surface area (Å²) in [6, 6.07) is 7.88. The molecule has 1 aromatic heterocycles. The molecule has 0 saturated heterocycles. The molecule has 0 aliphatic rings. The highest BCUT2D eigenvalue weighted by atomic mass is 16.5. The molecule has 0 aliphatic carbocycles. The van der Waals surface area contributed by atoms with Crippen molar-refractivity contribution in [2.24, 2.45) is 0 Å². The quantitative estimate of drug-likeness (QED) is 0.898. The molecule has 0 spiro atoms. The third-order valence-electron chi connectivity index (χ3n) is 2.73. The molecule has 0 amide bonds. The summed E-state index contributed by atoms with van der Waals surface area (Å²) in [5, 5.41) is 0. The Kier molecular flexibility index (Phi) is 3.46. The highest BCUT2D eigenvalue weighted by Gasteiger charge is 2.06. The minimum Gasteiger partial charge on any atom is -0.424 e. The van der Waals surface area contributed by atoms with Crippen LogP contribution in [0, 0.1) is 6.92 Å². The van der Waals surface area contributed by atoms with E-state index in [1.165, 1.54) is 11.1 Å². The number of aromatic nitrogens is 2. The number of benzene rings is 1. The number of nitrogen functional groups attached to an aromatic ring is 1. The molecule has 4 nitrogen and oxygen atoms in total. The van der Waals surface area contributed by atoms with E-state index in [0.29, 0.717) is 11.7 Å². The topological polar surface area (TPSA) is 61.0 Å². The average Bonchev–Trinajstić information content (AvgIpc) is 2.28. The SMILES string of the molecule is Cc1cc(Oc2nccc(N)n2)ccc1C(C)C. The number of anilines is 1. The second kappa shape index (κ2) is 5.04. The van der Waals surface area contributed by atoms with Gasteiger partial charge in [0, 0.05) is 6.20 Å². The summed E-state index contributed by atoms with van der Waals surface area (Å²) in [5.41, 5.74) is 8.09. The summed E-state index contributed by atoms with van der Waals surface area (Å²) in [7, 11) is 0. The van der Waals surface area contributed by atoms with Crippen LogP contribution < -0.4 is 10.5 Å². The Labute approximate surface area is 107 Å². The first-order chi connectivity index (χ1) is 8.56. The molecule has 0 atom stereocenters. The molecular formula is C14H17N3O. The summed E-state index contributed by atoms with van der Waals surface area (Å²) in [4.78, 5) is 8.01. The molecule has 2 aromatic rings. The predicted molar refractivity (Wildman–Crippen MR) is 71.8 cm³/mol. The summed E-state index contributed by atoms with van der Waals surface area (Å²) in [5.74, 6) is 1.63. The molecule has 1 aromatic carbocycles. The van der Waals surface area contributed by atoms with Gasteiger partial charge in [-0.25, -0.2) is 4.98 Å². The van der Waals surface area contributed by atoms with E-state index in [0.717, 1.165) is 5.75 Å². The normalized spacial score (nSPS) is 10.7. The van der Waals surface area contributed by atoms with Crippen LogP contribution in [0.4, 0.5) is 5.82 Å². The van der Waals surface area contributed by atoms with Gasteiger partial charge in [0.1, 0.15) is 11.6 Å². The lowest BCUT2D eigenvalue weighted by Gasteiger charge is -2.11. The van der Waals surface area contributed by atoms with E-state index in [4.69, 9.17) is 10.5 Å². The zero-order valence-electron chi connectivity index (χ0n) is 10.8. The zero-order chi connectivity index (χ0) is 13.1. The van der Waals surface area contributed by atoms with Gasteiger partial charge in [-0.05, 0) is 42.2 Å². The zero-order valence-corrected chi connectivity index (χ0v) is 10.8. The fourth-order valence-corrected chi connectivity index (χ4v) is 1.87. The Morgan fingerprint density at radius 1 is 1.22 bits per heavy atom. The molecule has 1 heterocycles. The van der Waals surface area contributed by atoms with E-state index in [1.54, 1.807) is 12.3 Å². The van der Waals surface area contributed by atoms with Crippen LogP contribution in [0.3, 0.4) is 0 Å². The molecular weight excluding hydrogens is 226 g/mol. The van der Waals surface area contributed by atoms with Crippen molar-refractivity contribution < 1.29 is 4.74 Å². The molecule has 0 radical (unpaired) electrons. The Morgan fingerprint density at radius 3 is 2.61 bits per heavy atom. The highest BCUT2D eigenvalue weighted by Crippen LogP contribution is 2.25. The van der Waals surface area contributed by atoms with Crippen LogP contribution in [-0.2, 0) is 0 Å². The van der Waals surface area contributed by atoms with Gasteiger partial charge in [-0.1, -0.05) is 19.9 Å². The number of hydrogen-bond donors (Lipinski definition) is 1. The molecule has 94 valence electrons. The Morgan fingerprint density at radius 2 is 2.00 bits per heavy atom. The minimum absolute atomic E-state index is 0.270. The second-order valence-corrected chi connectivity index (χ2v) is 4.54. The minimum atomic E-state index is 0.270. The molecule has 2 rings (SSSR count). The lowest BCUT2D eigenvalue weighted by Crippen LogP contribution is -1.97. The Balaban J connectivity index is 2.23. The summed E-state index contributed by atoms with van der Waals surface area (Å²) >= 11 is 0. The number of hydrogen-bond acceptors (Lipinski definition) is 4. The number of nitrogens with two attached hydrogens (primary N) is 1. The van der Waals surface area contributed by atoms with E-state index in [-0.39, 0.29) is 6.01 Å². The van der Waals surface area contributed by atoms with E-state index < -0.39 is 0 Å². The van der Waals surface area contributed by atoms with Crippen LogP contribution >= 0.6 is 0 Å². The van der Waals surface area contributed by atoms with Crippen molar-refractivity contribution in [3.63, 3.8) is 0 Å². The average molecular weight is 243 g/mol.